The second-order valence-electron chi connectivity index (χ2n) is 3.94. The lowest BCUT2D eigenvalue weighted by atomic mass is 10.2. The molecule has 0 aromatic carbocycles. The second-order valence-corrected chi connectivity index (χ2v) is 9.49. The second kappa shape index (κ2) is 4.53. The smallest absolute Gasteiger partial charge is 0.0621 e. The molecule has 0 aromatic heterocycles. The van der Waals surface area contributed by atoms with Gasteiger partial charge in [-0.15, -0.1) is 0 Å². The van der Waals surface area contributed by atoms with E-state index in [9.17, 15) is 0 Å². The van der Waals surface area contributed by atoms with Crippen LogP contribution in [0.1, 0.15) is 12.8 Å². The van der Waals surface area contributed by atoms with Crippen molar-refractivity contribution in [2.24, 2.45) is 0 Å². The molecule has 1 N–H and O–H groups in total. The van der Waals surface area contributed by atoms with Crippen LogP contribution in [0.2, 0.25) is 25.2 Å². The monoisotopic (exact) mass is 171 g/mol. The van der Waals surface area contributed by atoms with Crippen molar-refractivity contribution in [2.75, 3.05) is 6.61 Å². The molecule has 1 atom stereocenters. The van der Waals surface area contributed by atoms with E-state index in [1.54, 1.807) is 0 Å². The average Bonchev–Trinajstić information content (AvgIpc) is 1.87. The van der Waals surface area contributed by atoms with E-state index in [2.05, 4.69) is 25.7 Å². The van der Waals surface area contributed by atoms with Crippen molar-refractivity contribution in [3.05, 3.63) is 0 Å². The molecule has 0 saturated heterocycles. The molecule has 2 nitrogen and oxygen atoms in total. The van der Waals surface area contributed by atoms with Crippen LogP contribution in [0, 0.1) is 11.3 Å². The fourth-order valence-electron chi connectivity index (χ4n) is 1.04. The zero-order valence-corrected chi connectivity index (χ0v) is 8.59. The molecule has 0 aromatic rings. The van der Waals surface area contributed by atoms with Crippen LogP contribution in [0.15, 0.2) is 0 Å². The quantitative estimate of drug-likeness (QED) is 0.657. The largest absolute Gasteiger partial charge is 0.396 e. The first kappa shape index (κ1) is 10.7. The van der Waals surface area contributed by atoms with Crippen molar-refractivity contribution >= 4 is 8.07 Å². The molecule has 11 heavy (non-hydrogen) atoms. The van der Waals surface area contributed by atoms with E-state index in [0.29, 0.717) is 12.0 Å². The Hall–Kier alpha value is -0.333. The van der Waals surface area contributed by atoms with Gasteiger partial charge in [0, 0.05) is 21.1 Å². The summed E-state index contributed by atoms with van der Waals surface area (Å²) in [5.41, 5.74) is 0.391. The van der Waals surface area contributed by atoms with Crippen molar-refractivity contribution < 1.29 is 5.11 Å². The molecule has 0 heterocycles. The number of nitriles is 1. The highest BCUT2D eigenvalue weighted by atomic mass is 28.3. The summed E-state index contributed by atoms with van der Waals surface area (Å²) in [5, 5.41) is 17.4. The molecule has 0 bridgehead atoms. The predicted octanol–water partition coefficient (Wildman–Crippen LogP) is 1.99. The third-order valence-corrected chi connectivity index (χ3v) is 4.97. The summed E-state index contributed by atoms with van der Waals surface area (Å²) in [4.78, 5) is 0. The van der Waals surface area contributed by atoms with Crippen molar-refractivity contribution in [3.8, 4) is 6.07 Å². The van der Waals surface area contributed by atoms with E-state index in [-0.39, 0.29) is 6.61 Å². The highest BCUT2D eigenvalue weighted by molar-refractivity contribution is 6.77. The van der Waals surface area contributed by atoms with Crippen molar-refractivity contribution in [2.45, 2.75) is 38.0 Å². The number of hydrogen-bond acceptors (Lipinski definition) is 2. The normalized spacial score (nSPS) is 14.1. The predicted molar refractivity (Wildman–Crippen MR) is 49.0 cm³/mol. The van der Waals surface area contributed by atoms with Crippen LogP contribution in [0.25, 0.3) is 0 Å². The molecule has 3 heteroatoms. The number of rotatable bonds is 4. The Morgan fingerprint density at radius 2 is 2.00 bits per heavy atom. The minimum Gasteiger partial charge on any atom is -0.396 e. The van der Waals surface area contributed by atoms with Gasteiger partial charge in [-0.05, 0) is 12.0 Å². The maximum Gasteiger partial charge on any atom is 0.0621 e. The van der Waals surface area contributed by atoms with Gasteiger partial charge in [0.2, 0.25) is 0 Å². The van der Waals surface area contributed by atoms with Crippen LogP contribution in [0.4, 0.5) is 0 Å². The SMILES string of the molecule is C[Si](C)(C)C(CO)CCC#N. The molecule has 0 fully saturated rings. The van der Waals surface area contributed by atoms with Gasteiger partial charge in [-0.1, -0.05) is 19.6 Å². The molecule has 0 amide bonds. The van der Waals surface area contributed by atoms with Crippen LogP contribution < -0.4 is 0 Å². The number of aliphatic hydroxyl groups is 1. The number of hydrogen-bond donors (Lipinski definition) is 1. The van der Waals surface area contributed by atoms with Gasteiger partial charge in [0.25, 0.3) is 0 Å². The summed E-state index contributed by atoms with van der Waals surface area (Å²) in [7, 11) is -1.22. The zero-order chi connectivity index (χ0) is 8.91. The van der Waals surface area contributed by atoms with Gasteiger partial charge in [-0.3, -0.25) is 0 Å². The van der Waals surface area contributed by atoms with Gasteiger partial charge in [-0.2, -0.15) is 5.26 Å². The average molecular weight is 171 g/mol. The zero-order valence-electron chi connectivity index (χ0n) is 7.59. The van der Waals surface area contributed by atoms with Crippen LogP contribution >= 0.6 is 0 Å². The maximum absolute atomic E-state index is 9.01. The van der Waals surface area contributed by atoms with Gasteiger partial charge in [0.1, 0.15) is 0 Å². The third-order valence-electron chi connectivity index (χ3n) is 2.05. The van der Waals surface area contributed by atoms with Crippen molar-refractivity contribution in [3.63, 3.8) is 0 Å². The Morgan fingerprint density at radius 3 is 2.27 bits per heavy atom. The van der Waals surface area contributed by atoms with Gasteiger partial charge < -0.3 is 5.11 Å². The van der Waals surface area contributed by atoms with Crippen molar-refractivity contribution in [1.29, 1.82) is 5.26 Å². The molecule has 0 aliphatic heterocycles. The standard InChI is InChI=1S/C8H17NOSi/c1-11(2,3)8(7-10)5-4-6-9/h8,10H,4-5,7H2,1-3H3. The first-order valence-electron chi connectivity index (χ1n) is 4.00. The van der Waals surface area contributed by atoms with E-state index < -0.39 is 8.07 Å². The van der Waals surface area contributed by atoms with Crippen LogP contribution in [0.3, 0.4) is 0 Å². The topological polar surface area (TPSA) is 44.0 Å². The Labute approximate surface area is 69.9 Å². The summed E-state index contributed by atoms with van der Waals surface area (Å²) in [6.45, 7) is 6.93. The lowest BCUT2D eigenvalue weighted by molar-refractivity contribution is 0.282. The highest BCUT2D eigenvalue weighted by Crippen LogP contribution is 2.25. The van der Waals surface area contributed by atoms with E-state index in [4.69, 9.17) is 10.4 Å². The molecule has 0 aliphatic carbocycles. The molecule has 0 radical (unpaired) electrons. The van der Waals surface area contributed by atoms with E-state index in [1.807, 2.05) is 0 Å². The first-order valence-corrected chi connectivity index (χ1v) is 7.58. The van der Waals surface area contributed by atoms with Crippen LogP contribution in [-0.4, -0.2) is 19.8 Å². The Kier molecular flexibility index (Phi) is 4.39. The summed E-state index contributed by atoms with van der Waals surface area (Å²) >= 11 is 0. The van der Waals surface area contributed by atoms with E-state index >= 15 is 0 Å². The number of nitrogens with zero attached hydrogens (tertiary/aromatic N) is 1. The lowest BCUT2D eigenvalue weighted by Gasteiger charge is -2.26. The van der Waals surface area contributed by atoms with Gasteiger partial charge in [-0.25, -0.2) is 0 Å². The van der Waals surface area contributed by atoms with Crippen molar-refractivity contribution in [1.82, 2.24) is 0 Å². The van der Waals surface area contributed by atoms with Gasteiger partial charge >= 0.3 is 0 Å². The summed E-state index contributed by atoms with van der Waals surface area (Å²) in [6, 6.07) is 2.12. The lowest BCUT2D eigenvalue weighted by Crippen LogP contribution is -2.30. The molecule has 0 aliphatic rings. The highest BCUT2D eigenvalue weighted by Gasteiger charge is 2.24. The third kappa shape index (κ3) is 4.17. The Morgan fingerprint density at radius 1 is 1.45 bits per heavy atom. The molecular weight excluding hydrogens is 154 g/mol. The van der Waals surface area contributed by atoms with Crippen LogP contribution in [-0.2, 0) is 0 Å². The summed E-state index contributed by atoms with van der Waals surface area (Å²) < 4.78 is 0. The minimum atomic E-state index is -1.22. The van der Waals surface area contributed by atoms with Gasteiger partial charge in [0.15, 0.2) is 0 Å². The fraction of sp³-hybridized carbons (Fsp3) is 0.875. The van der Waals surface area contributed by atoms with Crippen LogP contribution in [0.5, 0.6) is 0 Å². The summed E-state index contributed by atoms with van der Waals surface area (Å²) in [6.07, 6.45) is 1.44. The maximum atomic E-state index is 9.01. The van der Waals surface area contributed by atoms with E-state index in [1.165, 1.54) is 0 Å². The fourth-order valence-corrected chi connectivity index (χ4v) is 2.60. The van der Waals surface area contributed by atoms with E-state index in [0.717, 1.165) is 6.42 Å². The van der Waals surface area contributed by atoms with Gasteiger partial charge in [0.05, 0.1) is 6.07 Å². The molecular formula is C8H17NOSi. The summed E-state index contributed by atoms with van der Waals surface area (Å²) in [5.74, 6) is 0. The molecule has 0 spiro atoms. The Balaban J connectivity index is 3.88. The molecule has 64 valence electrons. The minimum absolute atomic E-state index is 0.247. The first-order chi connectivity index (χ1) is 5.02. The molecule has 0 saturated carbocycles. The number of aliphatic hydroxyl groups excluding tert-OH is 1. The molecule has 1 unspecified atom stereocenters. The molecule has 0 rings (SSSR count). The Bertz CT molecular complexity index is 145.